The Morgan fingerprint density at radius 2 is 1.82 bits per heavy atom. The molecule has 1 aromatic rings. The lowest BCUT2D eigenvalue weighted by Crippen LogP contribution is -2.46. The monoisotopic (exact) mass is 433 g/mol. The number of benzene rings is 1. The molecular weight excluding hydrogens is 409 g/mol. The van der Waals surface area contributed by atoms with Crippen LogP contribution in [0.5, 0.6) is 0 Å². The third kappa shape index (κ3) is 5.47. The van der Waals surface area contributed by atoms with Crippen molar-refractivity contribution in [1.82, 2.24) is 10.6 Å². The first-order valence-corrected chi connectivity index (χ1v) is 7.77. The van der Waals surface area contributed by atoms with Crippen molar-refractivity contribution in [1.29, 1.82) is 0 Å². The summed E-state index contributed by atoms with van der Waals surface area (Å²) in [4.78, 5) is 4.31. The molecule has 1 aliphatic carbocycles. The van der Waals surface area contributed by atoms with E-state index in [1.54, 1.807) is 0 Å². The maximum atomic E-state index is 5.96. The summed E-state index contributed by atoms with van der Waals surface area (Å²) in [5.74, 6) is 0.866. The highest BCUT2D eigenvalue weighted by atomic mass is 127. The zero-order chi connectivity index (χ0) is 15.3. The van der Waals surface area contributed by atoms with Crippen molar-refractivity contribution in [2.75, 3.05) is 13.6 Å². The second-order valence-electron chi connectivity index (χ2n) is 6.10. The molecule has 5 heteroatoms. The van der Waals surface area contributed by atoms with E-state index in [0.29, 0.717) is 6.04 Å². The minimum absolute atomic E-state index is 0. The van der Waals surface area contributed by atoms with Gasteiger partial charge in [0, 0.05) is 30.1 Å². The van der Waals surface area contributed by atoms with E-state index in [-0.39, 0.29) is 29.4 Å². The average molecular weight is 434 g/mol. The summed E-state index contributed by atoms with van der Waals surface area (Å²) in [5, 5.41) is 7.65. The fourth-order valence-corrected chi connectivity index (χ4v) is 2.56. The lowest BCUT2D eigenvalue weighted by atomic mass is 9.85. The summed E-state index contributed by atoms with van der Waals surface area (Å²) in [5.41, 5.74) is 1.27. The van der Waals surface area contributed by atoms with Gasteiger partial charge in [0.15, 0.2) is 5.96 Å². The van der Waals surface area contributed by atoms with Crippen LogP contribution >= 0.6 is 35.6 Å². The molecule has 1 aromatic carbocycles. The molecule has 0 spiro atoms. The van der Waals surface area contributed by atoms with Crippen molar-refractivity contribution in [3.8, 4) is 0 Å². The molecule has 0 saturated carbocycles. The summed E-state index contributed by atoms with van der Waals surface area (Å²) < 4.78 is 0. The van der Waals surface area contributed by atoms with Gasteiger partial charge in [-0.3, -0.25) is 4.99 Å². The average Bonchev–Trinajstić information content (AvgIpc) is 2.97. The van der Waals surface area contributed by atoms with Crippen molar-refractivity contribution in [3.05, 3.63) is 47.0 Å². The van der Waals surface area contributed by atoms with E-state index in [1.165, 1.54) is 5.56 Å². The quantitative estimate of drug-likeness (QED) is 0.324. The van der Waals surface area contributed by atoms with Crippen LogP contribution in [0.2, 0.25) is 5.02 Å². The summed E-state index contributed by atoms with van der Waals surface area (Å²) >= 11 is 5.96. The van der Waals surface area contributed by atoms with Crippen molar-refractivity contribution >= 4 is 41.5 Å². The zero-order valence-electron chi connectivity index (χ0n) is 13.4. The third-order valence-corrected chi connectivity index (χ3v) is 4.15. The largest absolute Gasteiger partial charge is 0.356 e. The van der Waals surface area contributed by atoms with Crippen LogP contribution in [0, 0.1) is 0 Å². The van der Waals surface area contributed by atoms with Crippen LogP contribution in [-0.2, 0) is 5.41 Å². The first kappa shape index (κ1) is 19.3. The summed E-state index contributed by atoms with van der Waals surface area (Å²) in [6, 6.07) is 8.52. The molecule has 0 atom stereocenters. The zero-order valence-corrected chi connectivity index (χ0v) is 16.5. The van der Waals surface area contributed by atoms with Gasteiger partial charge in [0.1, 0.15) is 0 Å². The van der Waals surface area contributed by atoms with E-state index in [9.17, 15) is 0 Å². The summed E-state index contributed by atoms with van der Waals surface area (Å²) in [6.45, 7) is 5.25. The van der Waals surface area contributed by atoms with Gasteiger partial charge in [0.25, 0.3) is 0 Å². The Kier molecular flexibility index (Phi) is 7.69. The van der Waals surface area contributed by atoms with Crippen LogP contribution in [0.1, 0.15) is 32.3 Å². The molecular formula is C17H25ClIN3. The second-order valence-corrected chi connectivity index (χ2v) is 6.54. The number of rotatable bonds is 4. The predicted molar refractivity (Wildman–Crippen MR) is 107 cm³/mol. The highest BCUT2D eigenvalue weighted by Gasteiger charge is 2.21. The molecule has 0 amide bonds. The minimum atomic E-state index is 0. The molecule has 0 heterocycles. The van der Waals surface area contributed by atoms with Gasteiger partial charge in [-0.1, -0.05) is 49.7 Å². The van der Waals surface area contributed by atoms with Crippen molar-refractivity contribution in [2.24, 2.45) is 4.99 Å². The fraction of sp³-hybridized carbons (Fsp3) is 0.471. The van der Waals surface area contributed by atoms with Crippen molar-refractivity contribution in [2.45, 2.75) is 38.1 Å². The van der Waals surface area contributed by atoms with E-state index in [2.05, 4.69) is 53.8 Å². The van der Waals surface area contributed by atoms with Gasteiger partial charge in [0.05, 0.1) is 0 Å². The van der Waals surface area contributed by atoms with Crippen LogP contribution in [0.15, 0.2) is 41.4 Å². The molecule has 0 fully saturated rings. The fourth-order valence-electron chi connectivity index (χ4n) is 2.43. The topological polar surface area (TPSA) is 36.4 Å². The molecule has 22 heavy (non-hydrogen) atoms. The van der Waals surface area contributed by atoms with Gasteiger partial charge in [-0.25, -0.2) is 0 Å². The molecule has 0 aromatic heterocycles. The Morgan fingerprint density at radius 3 is 2.36 bits per heavy atom. The van der Waals surface area contributed by atoms with Gasteiger partial charge in [-0.15, -0.1) is 24.0 Å². The molecule has 3 nitrogen and oxygen atoms in total. The van der Waals surface area contributed by atoms with E-state index < -0.39 is 0 Å². The Balaban J connectivity index is 0.00000242. The highest BCUT2D eigenvalue weighted by Crippen LogP contribution is 2.23. The van der Waals surface area contributed by atoms with Gasteiger partial charge >= 0.3 is 0 Å². The second kappa shape index (κ2) is 8.77. The third-order valence-electron chi connectivity index (χ3n) is 3.90. The Morgan fingerprint density at radius 1 is 1.23 bits per heavy atom. The molecule has 0 unspecified atom stereocenters. The number of aliphatic imine (C=N–C) groups is 1. The SMILES string of the molecule is CN=C(NCC(C)(C)c1ccc(Cl)cc1)NC1CC=CC1.I. The summed E-state index contributed by atoms with van der Waals surface area (Å²) in [7, 11) is 1.81. The Bertz CT molecular complexity index is 515. The smallest absolute Gasteiger partial charge is 0.191 e. The van der Waals surface area contributed by atoms with E-state index in [1.807, 2.05) is 19.2 Å². The lowest BCUT2D eigenvalue weighted by Gasteiger charge is -2.27. The van der Waals surface area contributed by atoms with Crippen LogP contribution in [0.4, 0.5) is 0 Å². The molecule has 0 bridgehead atoms. The van der Waals surface area contributed by atoms with E-state index in [4.69, 9.17) is 11.6 Å². The lowest BCUT2D eigenvalue weighted by molar-refractivity contribution is 0.504. The van der Waals surface area contributed by atoms with Crippen molar-refractivity contribution in [3.63, 3.8) is 0 Å². The number of nitrogens with one attached hydrogen (secondary N) is 2. The van der Waals surface area contributed by atoms with Crippen LogP contribution in [0.25, 0.3) is 0 Å². The molecule has 2 rings (SSSR count). The predicted octanol–water partition coefficient (Wildman–Crippen LogP) is 4.12. The van der Waals surface area contributed by atoms with Crippen molar-refractivity contribution < 1.29 is 0 Å². The number of hydrogen-bond donors (Lipinski definition) is 2. The van der Waals surface area contributed by atoms with Gasteiger partial charge in [-0.2, -0.15) is 0 Å². The Labute approximate surface area is 155 Å². The number of halogens is 2. The molecule has 122 valence electrons. The number of hydrogen-bond acceptors (Lipinski definition) is 1. The maximum absolute atomic E-state index is 5.96. The van der Waals surface area contributed by atoms with Crippen LogP contribution in [-0.4, -0.2) is 25.6 Å². The minimum Gasteiger partial charge on any atom is -0.356 e. The van der Waals surface area contributed by atoms with Crippen LogP contribution < -0.4 is 10.6 Å². The van der Waals surface area contributed by atoms with Gasteiger partial charge in [0.2, 0.25) is 0 Å². The van der Waals surface area contributed by atoms with Crippen LogP contribution in [0.3, 0.4) is 0 Å². The summed E-state index contributed by atoms with van der Waals surface area (Å²) in [6.07, 6.45) is 6.56. The maximum Gasteiger partial charge on any atom is 0.191 e. The Hall–Kier alpha value is -0.750. The molecule has 2 N–H and O–H groups in total. The number of guanidine groups is 1. The number of nitrogens with zero attached hydrogens (tertiary/aromatic N) is 1. The molecule has 0 saturated heterocycles. The van der Waals surface area contributed by atoms with E-state index >= 15 is 0 Å². The molecule has 0 aliphatic heterocycles. The normalized spacial score (nSPS) is 15.5. The highest BCUT2D eigenvalue weighted by molar-refractivity contribution is 14.0. The first-order chi connectivity index (χ1) is 10.0. The van der Waals surface area contributed by atoms with Gasteiger partial charge < -0.3 is 10.6 Å². The molecule has 0 radical (unpaired) electrons. The first-order valence-electron chi connectivity index (χ1n) is 7.39. The molecule has 1 aliphatic rings. The van der Waals surface area contributed by atoms with E-state index in [0.717, 1.165) is 30.4 Å². The standard InChI is InChI=1S/C17H24ClN3.HI/c1-17(2,13-8-10-14(18)11-9-13)12-20-16(19-3)21-15-6-4-5-7-15;/h4-5,8-11,15H,6-7,12H2,1-3H3,(H2,19,20,21);1H. The van der Waals surface area contributed by atoms with Gasteiger partial charge in [-0.05, 0) is 30.5 Å².